The summed E-state index contributed by atoms with van der Waals surface area (Å²) in [6.45, 7) is 12.8. The van der Waals surface area contributed by atoms with Crippen LogP contribution in [0.2, 0.25) is 0 Å². The zero-order valence-corrected chi connectivity index (χ0v) is 26.7. The Bertz CT molecular complexity index is 1380. The number of rotatable bonds is 22. The molecule has 0 saturated heterocycles. The Morgan fingerprint density at radius 3 is 1.67 bits per heavy atom. The maximum atomic E-state index is 13.1. The van der Waals surface area contributed by atoms with E-state index in [1.54, 1.807) is 0 Å². The maximum absolute atomic E-state index is 13.1. The Morgan fingerprint density at radius 2 is 1.20 bits per heavy atom. The third-order valence-corrected chi connectivity index (χ3v) is 6.76. The number of hydrogen-bond acceptors (Lipinski definition) is 7. The van der Waals surface area contributed by atoms with Gasteiger partial charge in [-0.15, -0.1) is 0 Å². The molecule has 1 heterocycles. The summed E-state index contributed by atoms with van der Waals surface area (Å²) in [4.78, 5) is 1.93. The van der Waals surface area contributed by atoms with E-state index in [0.29, 0.717) is 90.1 Å². The summed E-state index contributed by atoms with van der Waals surface area (Å²) in [5, 5.41) is 2.59. The molecule has 0 saturated carbocycles. The molecule has 1 aromatic heterocycles. The Labute approximate surface area is 263 Å². The van der Waals surface area contributed by atoms with Crippen molar-refractivity contribution in [2.24, 2.45) is 0 Å². The Morgan fingerprint density at radius 1 is 0.711 bits per heavy atom. The molecule has 0 radical (unpaired) electrons. The normalized spacial score (nSPS) is 12.4. The predicted molar refractivity (Wildman–Crippen MR) is 170 cm³/mol. The van der Waals surface area contributed by atoms with Crippen LogP contribution in [0.4, 0.5) is 13.2 Å². The van der Waals surface area contributed by atoms with E-state index in [1.807, 2.05) is 41.9 Å². The van der Waals surface area contributed by atoms with Crippen molar-refractivity contribution >= 4 is 23.7 Å². The molecular weight excluding hydrogens is 589 g/mol. The minimum absolute atomic E-state index is 0.473. The van der Waals surface area contributed by atoms with Crippen molar-refractivity contribution in [3.8, 4) is 5.69 Å². The largest absolute Gasteiger partial charge is 0.416 e. The van der Waals surface area contributed by atoms with Gasteiger partial charge >= 0.3 is 6.18 Å². The van der Waals surface area contributed by atoms with E-state index in [4.69, 9.17) is 28.4 Å². The molecule has 0 amide bonds. The molecule has 3 aromatic rings. The lowest BCUT2D eigenvalue weighted by Gasteiger charge is -2.10. The molecule has 11 heteroatoms. The van der Waals surface area contributed by atoms with Gasteiger partial charge in [-0.2, -0.15) is 13.2 Å². The van der Waals surface area contributed by atoms with E-state index >= 15 is 0 Å². The SMILES string of the molecule is C=c1/c(=C\N(C)C)c2cc(CCOCCOCCOCCOCCOCCOCCC)ccc2n1-c1ccc(C(F)(F)F)cc1. The molecule has 2 aromatic carbocycles. The van der Waals surface area contributed by atoms with Crippen molar-refractivity contribution in [1.82, 2.24) is 9.47 Å². The van der Waals surface area contributed by atoms with Crippen molar-refractivity contribution in [2.75, 3.05) is 93.4 Å². The Balaban J connectivity index is 1.36. The molecule has 45 heavy (non-hydrogen) atoms. The fraction of sp³-hybridized carbons (Fsp3) is 0.529. The summed E-state index contributed by atoms with van der Waals surface area (Å²) in [5.74, 6) is 0. The number of halogens is 3. The summed E-state index contributed by atoms with van der Waals surface area (Å²) >= 11 is 0. The van der Waals surface area contributed by atoms with Crippen LogP contribution in [0, 0.1) is 0 Å². The number of fused-ring (bicyclic) bond motifs is 1. The molecule has 0 unspecified atom stereocenters. The van der Waals surface area contributed by atoms with Crippen LogP contribution in [0.15, 0.2) is 42.5 Å². The first-order valence-electron chi connectivity index (χ1n) is 15.4. The molecule has 8 nitrogen and oxygen atoms in total. The number of hydrogen-bond donors (Lipinski definition) is 0. The summed E-state index contributed by atoms with van der Waals surface area (Å²) in [6.07, 6.45) is -0.698. The number of nitrogens with zero attached hydrogens (tertiary/aromatic N) is 2. The van der Waals surface area contributed by atoms with E-state index in [9.17, 15) is 13.2 Å². The lowest BCUT2D eigenvalue weighted by Crippen LogP contribution is -2.28. The minimum Gasteiger partial charge on any atom is -0.383 e. The number of benzene rings is 2. The van der Waals surface area contributed by atoms with Crippen LogP contribution < -0.4 is 10.6 Å². The smallest absolute Gasteiger partial charge is 0.383 e. The molecule has 0 N–H and O–H groups in total. The topological polar surface area (TPSA) is 63.6 Å². The Hall–Kier alpha value is -2.93. The van der Waals surface area contributed by atoms with Crippen LogP contribution in [0.25, 0.3) is 29.4 Å². The zero-order valence-electron chi connectivity index (χ0n) is 26.7. The average molecular weight is 637 g/mol. The molecule has 0 aliphatic carbocycles. The van der Waals surface area contributed by atoms with Gasteiger partial charge < -0.3 is 37.9 Å². The monoisotopic (exact) mass is 636 g/mol. The molecule has 0 spiro atoms. The summed E-state index contributed by atoms with van der Waals surface area (Å²) in [5.41, 5.74) is 1.90. The van der Waals surface area contributed by atoms with E-state index in [-0.39, 0.29) is 0 Å². The summed E-state index contributed by atoms with van der Waals surface area (Å²) in [6, 6.07) is 11.2. The zero-order chi connectivity index (χ0) is 32.5. The van der Waals surface area contributed by atoms with Crippen LogP contribution in [0.5, 0.6) is 0 Å². The standard InChI is InChI=1S/C34H47F3N2O6/c1-5-13-40-15-17-42-19-21-44-23-24-45-22-20-43-18-16-41-14-12-28-6-11-33-31(25-28)32(26-38(3)4)27(2)39(33)30-9-7-29(8-10-30)34(35,36)37/h6-11,25-26H,2,5,12-24H2,1,3-4H3/b32-26+. The van der Waals surface area contributed by atoms with Gasteiger partial charge in [-0.1, -0.05) is 19.6 Å². The van der Waals surface area contributed by atoms with Gasteiger partial charge in [0.2, 0.25) is 0 Å². The first kappa shape index (κ1) is 36.5. The third kappa shape index (κ3) is 12.4. The molecule has 0 aliphatic heterocycles. The van der Waals surface area contributed by atoms with Crippen molar-refractivity contribution < 1.29 is 41.6 Å². The van der Waals surface area contributed by atoms with Crippen LogP contribution >= 0.6 is 0 Å². The minimum atomic E-state index is -4.39. The Kier molecular flexibility index (Phi) is 15.9. The van der Waals surface area contributed by atoms with Crippen molar-refractivity contribution in [1.29, 1.82) is 0 Å². The molecular formula is C34H47F3N2O6. The van der Waals surface area contributed by atoms with E-state index < -0.39 is 11.7 Å². The van der Waals surface area contributed by atoms with Crippen molar-refractivity contribution in [2.45, 2.75) is 25.9 Å². The first-order valence-corrected chi connectivity index (χ1v) is 15.4. The second kappa shape index (κ2) is 19.6. The number of ether oxygens (including phenoxy) is 6. The fourth-order valence-electron chi connectivity index (χ4n) is 4.60. The fourth-order valence-corrected chi connectivity index (χ4v) is 4.60. The lowest BCUT2D eigenvalue weighted by molar-refractivity contribution is -0.137. The predicted octanol–water partition coefficient (Wildman–Crippen LogP) is 4.41. The molecule has 0 bridgehead atoms. The molecule has 3 rings (SSSR count). The van der Waals surface area contributed by atoms with Gasteiger partial charge in [0.1, 0.15) is 0 Å². The molecule has 0 atom stereocenters. The molecule has 250 valence electrons. The third-order valence-electron chi connectivity index (χ3n) is 6.76. The summed E-state index contributed by atoms with van der Waals surface area (Å²) in [7, 11) is 3.85. The van der Waals surface area contributed by atoms with Crippen LogP contribution in [0.1, 0.15) is 24.5 Å². The summed E-state index contributed by atoms with van der Waals surface area (Å²) < 4.78 is 74.3. The van der Waals surface area contributed by atoms with Crippen LogP contribution in [0.3, 0.4) is 0 Å². The quantitative estimate of drug-likeness (QED) is 0.152. The lowest BCUT2D eigenvalue weighted by atomic mass is 10.1. The van der Waals surface area contributed by atoms with E-state index in [1.165, 1.54) is 12.1 Å². The maximum Gasteiger partial charge on any atom is 0.416 e. The van der Waals surface area contributed by atoms with Crippen LogP contribution in [-0.4, -0.2) is 103 Å². The van der Waals surface area contributed by atoms with E-state index in [2.05, 4.69) is 19.6 Å². The van der Waals surface area contributed by atoms with Crippen LogP contribution in [-0.2, 0) is 41.0 Å². The second-order valence-corrected chi connectivity index (χ2v) is 10.6. The highest BCUT2D eigenvalue weighted by atomic mass is 19.4. The molecule has 0 fully saturated rings. The van der Waals surface area contributed by atoms with E-state index in [0.717, 1.165) is 46.8 Å². The molecule has 0 aliphatic rings. The first-order chi connectivity index (χ1) is 21.7. The average Bonchev–Trinajstić information content (AvgIpc) is 3.27. The van der Waals surface area contributed by atoms with Gasteiger partial charge in [-0.05, 0) is 54.8 Å². The van der Waals surface area contributed by atoms with Gasteiger partial charge in [0, 0.05) is 48.5 Å². The van der Waals surface area contributed by atoms with Gasteiger partial charge in [0.25, 0.3) is 0 Å². The van der Waals surface area contributed by atoms with Gasteiger partial charge in [0.15, 0.2) is 0 Å². The van der Waals surface area contributed by atoms with Gasteiger partial charge in [-0.25, -0.2) is 0 Å². The number of alkyl halides is 3. The van der Waals surface area contributed by atoms with Gasteiger partial charge in [0.05, 0.1) is 83.8 Å². The number of aromatic nitrogens is 1. The van der Waals surface area contributed by atoms with Crippen molar-refractivity contribution in [3.63, 3.8) is 0 Å². The van der Waals surface area contributed by atoms with Gasteiger partial charge in [-0.3, -0.25) is 0 Å². The highest BCUT2D eigenvalue weighted by Crippen LogP contribution is 2.30. The second-order valence-electron chi connectivity index (χ2n) is 10.6. The highest BCUT2D eigenvalue weighted by molar-refractivity contribution is 5.84. The highest BCUT2D eigenvalue weighted by Gasteiger charge is 2.30. The van der Waals surface area contributed by atoms with Crippen molar-refractivity contribution in [3.05, 3.63) is 64.2 Å².